The molecule has 1 aromatic rings. The van der Waals surface area contributed by atoms with E-state index < -0.39 is 12.0 Å². The maximum Gasteiger partial charge on any atom is 0.317 e. The van der Waals surface area contributed by atoms with E-state index in [9.17, 15) is 9.59 Å². The number of hydrogen-bond donors (Lipinski definition) is 2. The Kier molecular flexibility index (Phi) is 9.73. The molecule has 0 saturated heterocycles. The fourth-order valence-electron chi connectivity index (χ4n) is 2.20. The zero-order valence-corrected chi connectivity index (χ0v) is 15.8. The average Bonchev–Trinajstić information content (AvgIpc) is 2.49. The van der Waals surface area contributed by atoms with Crippen molar-refractivity contribution in [2.75, 3.05) is 25.5 Å². The molecule has 8 heteroatoms. The number of benzene rings is 1. The van der Waals surface area contributed by atoms with Crippen molar-refractivity contribution in [3.63, 3.8) is 0 Å². The molecule has 1 atom stereocenters. The van der Waals surface area contributed by atoms with Crippen molar-refractivity contribution in [1.82, 2.24) is 4.90 Å². The number of anilines is 1. The van der Waals surface area contributed by atoms with Gasteiger partial charge in [0.25, 0.3) is 0 Å². The van der Waals surface area contributed by atoms with Gasteiger partial charge >= 0.3 is 5.97 Å². The number of amides is 1. The van der Waals surface area contributed by atoms with Crippen molar-refractivity contribution in [2.45, 2.75) is 33.2 Å². The molecule has 1 rings (SSSR count). The van der Waals surface area contributed by atoms with E-state index in [1.165, 1.54) is 7.11 Å². The summed E-state index contributed by atoms with van der Waals surface area (Å²) < 4.78 is 5.23. The van der Waals surface area contributed by atoms with Crippen LogP contribution >= 0.6 is 24.0 Å². The number of carbonyl (C=O) groups is 2. The molecule has 0 aliphatic carbocycles. The van der Waals surface area contributed by atoms with Crippen LogP contribution in [0.15, 0.2) is 12.1 Å². The molecule has 0 heterocycles. The molecule has 24 heavy (non-hydrogen) atoms. The summed E-state index contributed by atoms with van der Waals surface area (Å²) in [7, 11) is 1.49. The van der Waals surface area contributed by atoms with Crippen LogP contribution in [0.2, 0.25) is 5.02 Å². The molecule has 1 amide bonds. The first-order valence-corrected chi connectivity index (χ1v) is 7.78. The van der Waals surface area contributed by atoms with Gasteiger partial charge in [-0.1, -0.05) is 18.5 Å². The number of aliphatic carboxylic acids is 1. The van der Waals surface area contributed by atoms with E-state index in [4.69, 9.17) is 21.4 Å². The minimum atomic E-state index is -0.960. The highest BCUT2D eigenvalue weighted by molar-refractivity contribution is 6.31. The summed E-state index contributed by atoms with van der Waals surface area (Å²) in [5, 5.41) is 12.3. The molecule has 0 spiro atoms. The molecule has 0 aliphatic rings. The molecule has 0 bridgehead atoms. The summed E-state index contributed by atoms with van der Waals surface area (Å²) in [6, 6.07) is 2.79. The molecular formula is C16H24Cl2N2O4. The predicted octanol–water partition coefficient (Wildman–Crippen LogP) is 3.20. The third kappa shape index (κ3) is 6.19. The van der Waals surface area contributed by atoms with E-state index in [0.29, 0.717) is 23.0 Å². The van der Waals surface area contributed by atoms with Crippen LogP contribution in [0.5, 0.6) is 5.75 Å². The molecule has 0 aromatic heterocycles. The van der Waals surface area contributed by atoms with Crippen molar-refractivity contribution in [3.05, 3.63) is 22.7 Å². The fraction of sp³-hybridized carbons (Fsp3) is 0.500. The topological polar surface area (TPSA) is 78.9 Å². The molecule has 0 saturated carbocycles. The zero-order chi connectivity index (χ0) is 17.6. The second-order valence-electron chi connectivity index (χ2n) is 5.33. The van der Waals surface area contributed by atoms with E-state index in [1.54, 1.807) is 24.0 Å². The molecule has 1 aromatic carbocycles. The molecule has 2 N–H and O–H groups in total. The summed E-state index contributed by atoms with van der Waals surface area (Å²) in [4.78, 5) is 25.0. The van der Waals surface area contributed by atoms with Crippen molar-refractivity contribution < 1.29 is 19.4 Å². The monoisotopic (exact) mass is 378 g/mol. The molecule has 6 nitrogen and oxygen atoms in total. The number of hydrogen-bond acceptors (Lipinski definition) is 4. The van der Waals surface area contributed by atoms with Gasteiger partial charge in [0.1, 0.15) is 5.75 Å². The Morgan fingerprint density at radius 1 is 1.42 bits per heavy atom. The van der Waals surface area contributed by atoms with Gasteiger partial charge in [0.05, 0.1) is 25.4 Å². The third-order valence-electron chi connectivity index (χ3n) is 3.51. The lowest BCUT2D eigenvalue weighted by Gasteiger charge is -2.26. The summed E-state index contributed by atoms with van der Waals surface area (Å²) in [6.07, 6.45) is 0.758. The number of ether oxygens (including phenoxy) is 1. The first kappa shape index (κ1) is 22.5. The third-order valence-corrected chi connectivity index (χ3v) is 3.92. The van der Waals surface area contributed by atoms with Gasteiger partial charge in [-0.2, -0.15) is 0 Å². The predicted molar refractivity (Wildman–Crippen MR) is 97.6 cm³/mol. The second kappa shape index (κ2) is 10.4. The van der Waals surface area contributed by atoms with E-state index >= 15 is 0 Å². The minimum absolute atomic E-state index is 0. The van der Waals surface area contributed by atoms with E-state index in [0.717, 1.165) is 12.0 Å². The van der Waals surface area contributed by atoms with Gasteiger partial charge in [0.2, 0.25) is 5.91 Å². The van der Waals surface area contributed by atoms with Gasteiger partial charge in [0.15, 0.2) is 0 Å². The Bertz CT molecular complexity index is 581. The van der Waals surface area contributed by atoms with Gasteiger partial charge in [-0.05, 0) is 38.4 Å². The highest BCUT2D eigenvalue weighted by atomic mass is 35.5. The van der Waals surface area contributed by atoms with E-state index in [2.05, 4.69) is 5.32 Å². The van der Waals surface area contributed by atoms with Gasteiger partial charge in [0, 0.05) is 11.1 Å². The number of carboxylic acid groups (broad SMARTS) is 1. The fourth-order valence-corrected chi connectivity index (χ4v) is 2.36. The molecule has 0 radical (unpaired) electrons. The minimum Gasteiger partial charge on any atom is -0.495 e. The Labute approximate surface area is 153 Å². The second-order valence-corrected chi connectivity index (χ2v) is 5.74. The largest absolute Gasteiger partial charge is 0.495 e. The lowest BCUT2D eigenvalue weighted by molar-refractivity contribution is -0.139. The van der Waals surface area contributed by atoms with Crippen molar-refractivity contribution in [1.29, 1.82) is 0 Å². The van der Waals surface area contributed by atoms with Crippen LogP contribution < -0.4 is 10.1 Å². The maximum atomic E-state index is 12.4. The summed E-state index contributed by atoms with van der Waals surface area (Å²) in [6.45, 7) is 5.79. The molecule has 0 fully saturated rings. The van der Waals surface area contributed by atoms with Crippen LogP contribution in [0.4, 0.5) is 5.69 Å². The SMILES string of the molecule is CCCN(CC(=O)O)C(C)C(=O)Nc1cc(C)c(Cl)cc1OC.Cl. The number of methoxy groups -OCH3 is 1. The van der Waals surface area contributed by atoms with Crippen molar-refractivity contribution in [2.24, 2.45) is 0 Å². The quantitative estimate of drug-likeness (QED) is 0.725. The van der Waals surface area contributed by atoms with E-state index in [1.807, 2.05) is 13.8 Å². The Balaban J connectivity index is 0.00000529. The van der Waals surface area contributed by atoms with Crippen LogP contribution in [0.1, 0.15) is 25.8 Å². The lowest BCUT2D eigenvalue weighted by atomic mass is 10.2. The van der Waals surface area contributed by atoms with Crippen LogP contribution in [0.25, 0.3) is 0 Å². The van der Waals surface area contributed by atoms with Crippen molar-refractivity contribution in [3.8, 4) is 5.75 Å². The standard InChI is InChI=1S/C16H23ClN2O4.ClH/c1-5-6-19(9-15(20)21)11(3)16(22)18-13-7-10(2)12(17)8-14(13)23-4;/h7-8,11H,5-6,9H2,1-4H3,(H,18,22)(H,20,21);1H. The van der Waals surface area contributed by atoms with Crippen LogP contribution in [-0.2, 0) is 9.59 Å². The summed E-state index contributed by atoms with van der Waals surface area (Å²) in [5.74, 6) is -0.792. The van der Waals surface area contributed by atoms with E-state index in [-0.39, 0.29) is 24.9 Å². The number of carbonyl (C=O) groups excluding carboxylic acids is 1. The first-order chi connectivity index (χ1) is 10.8. The van der Waals surface area contributed by atoms with Gasteiger partial charge in [-0.3, -0.25) is 14.5 Å². The first-order valence-electron chi connectivity index (χ1n) is 7.41. The zero-order valence-electron chi connectivity index (χ0n) is 14.3. The number of halogens is 2. The number of aryl methyl sites for hydroxylation is 1. The van der Waals surface area contributed by atoms with Crippen molar-refractivity contribution >= 4 is 41.6 Å². The molecule has 0 aliphatic heterocycles. The van der Waals surface area contributed by atoms with Gasteiger partial charge < -0.3 is 15.2 Å². The smallest absolute Gasteiger partial charge is 0.317 e. The van der Waals surface area contributed by atoms with Gasteiger partial charge in [-0.15, -0.1) is 12.4 Å². The Morgan fingerprint density at radius 2 is 2.04 bits per heavy atom. The average molecular weight is 379 g/mol. The normalized spacial score (nSPS) is 11.6. The molecule has 1 unspecified atom stereocenters. The summed E-state index contributed by atoms with van der Waals surface area (Å²) in [5.41, 5.74) is 1.32. The number of nitrogens with one attached hydrogen (secondary N) is 1. The highest BCUT2D eigenvalue weighted by Gasteiger charge is 2.23. The Hall–Kier alpha value is -1.50. The Morgan fingerprint density at radius 3 is 2.54 bits per heavy atom. The van der Waals surface area contributed by atoms with Crippen LogP contribution in [0.3, 0.4) is 0 Å². The maximum absolute atomic E-state index is 12.4. The number of rotatable bonds is 8. The lowest BCUT2D eigenvalue weighted by Crippen LogP contribution is -2.45. The molecular weight excluding hydrogens is 355 g/mol. The van der Waals surface area contributed by atoms with Crippen LogP contribution in [0, 0.1) is 6.92 Å². The summed E-state index contributed by atoms with van der Waals surface area (Å²) >= 11 is 6.05. The number of nitrogens with zero attached hydrogens (tertiary/aromatic N) is 1. The molecule has 136 valence electrons. The highest BCUT2D eigenvalue weighted by Crippen LogP contribution is 2.31. The number of carboxylic acids is 1. The van der Waals surface area contributed by atoms with Crippen LogP contribution in [-0.4, -0.2) is 48.1 Å². The van der Waals surface area contributed by atoms with Gasteiger partial charge in [-0.25, -0.2) is 0 Å².